The Morgan fingerprint density at radius 3 is 2.88 bits per heavy atom. The van der Waals surface area contributed by atoms with Crippen molar-refractivity contribution in [3.63, 3.8) is 0 Å². The van der Waals surface area contributed by atoms with Gasteiger partial charge in [0.15, 0.2) is 0 Å². The van der Waals surface area contributed by atoms with E-state index in [1.165, 1.54) is 12.8 Å². The van der Waals surface area contributed by atoms with Gasteiger partial charge in [0.1, 0.15) is 0 Å². The van der Waals surface area contributed by atoms with E-state index in [9.17, 15) is 0 Å². The van der Waals surface area contributed by atoms with Gasteiger partial charge in [-0.1, -0.05) is 13.3 Å². The van der Waals surface area contributed by atoms with Crippen LogP contribution in [0.4, 0.5) is 0 Å². The predicted octanol–water partition coefficient (Wildman–Crippen LogP) is 2.79. The lowest BCUT2D eigenvalue weighted by molar-refractivity contribution is 0.897. The molecule has 0 aliphatic rings. The molecule has 0 N–H and O–H groups in total. The maximum atomic E-state index is 3.88. The van der Waals surface area contributed by atoms with Gasteiger partial charge in [-0.3, -0.25) is 0 Å². The highest BCUT2D eigenvalue weighted by Gasteiger charge is 1.91. The summed E-state index contributed by atoms with van der Waals surface area (Å²) < 4.78 is 3.88. The van der Waals surface area contributed by atoms with E-state index in [0.29, 0.717) is 0 Å². The van der Waals surface area contributed by atoms with Crippen LogP contribution < -0.4 is 0 Å². The van der Waals surface area contributed by atoms with Crippen molar-refractivity contribution in [3.05, 3.63) is 4.25 Å². The molecule has 0 aromatic heterocycles. The summed E-state index contributed by atoms with van der Waals surface area (Å²) in [6.07, 6.45) is 2.52. The summed E-state index contributed by atoms with van der Waals surface area (Å²) in [6, 6.07) is 2.71. The molecule has 0 fully saturated rings. The van der Waals surface area contributed by atoms with Gasteiger partial charge in [-0.15, -0.1) is 0 Å². The fourth-order valence-corrected chi connectivity index (χ4v) is 0.957. The molecule has 0 aromatic carbocycles. The van der Waals surface area contributed by atoms with E-state index >= 15 is 0 Å². The Balaban J connectivity index is 2.79. The third-order valence-corrected chi connectivity index (χ3v) is 1.53. The van der Waals surface area contributed by atoms with Crippen molar-refractivity contribution in [1.29, 1.82) is 0 Å². The third-order valence-electron chi connectivity index (χ3n) is 0.745. The zero-order valence-electron chi connectivity index (χ0n) is 5.48. The second-order valence-electron chi connectivity index (χ2n) is 1.50. The van der Waals surface area contributed by atoms with Gasteiger partial charge in [-0.05, 0) is 6.42 Å². The molecule has 0 rings (SSSR count). The average molecular weight is 130 g/mol. The minimum absolute atomic E-state index is 1.14. The van der Waals surface area contributed by atoms with E-state index in [4.69, 9.17) is 0 Å². The summed E-state index contributed by atoms with van der Waals surface area (Å²) in [5.74, 6) is 1.14. The maximum Gasteiger partial charge on any atom is 0.310 e. The van der Waals surface area contributed by atoms with Crippen LogP contribution in [0.2, 0.25) is 0 Å². The minimum atomic E-state index is 1.14. The van der Waals surface area contributed by atoms with Crippen molar-refractivity contribution in [2.45, 2.75) is 26.7 Å². The molecule has 0 heterocycles. The molecule has 0 saturated heterocycles. The standard InChI is InChI=1S/C6H12NS/c1-3-5-6-8-7-4-2/h3,5-6H2,1-2H3/q+1. The van der Waals surface area contributed by atoms with Crippen molar-refractivity contribution in [1.82, 2.24) is 0 Å². The number of rotatable bonds is 3. The Kier molecular flexibility index (Phi) is 6.70. The number of nitrogens with zero attached hydrogens (tertiary/aromatic N) is 1. The van der Waals surface area contributed by atoms with E-state index in [1.54, 1.807) is 11.9 Å². The lowest BCUT2D eigenvalue weighted by atomic mass is 10.4. The first kappa shape index (κ1) is 7.84. The third kappa shape index (κ3) is 5.84. The van der Waals surface area contributed by atoms with Crippen LogP contribution in [-0.4, -0.2) is 5.75 Å². The molecule has 0 atom stereocenters. The molecular formula is C6H12NS+. The van der Waals surface area contributed by atoms with E-state index < -0.39 is 0 Å². The van der Waals surface area contributed by atoms with Crippen LogP contribution in [0, 0.1) is 6.07 Å². The Morgan fingerprint density at radius 2 is 2.38 bits per heavy atom. The Labute approximate surface area is 55.4 Å². The SMILES string of the molecule is CC#[N+]SCCCC. The van der Waals surface area contributed by atoms with Gasteiger partial charge in [-0.2, -0.15) is 0 Å². The van der Waals surface area contributed by atoms with E-state index in [2.05, 4.69) is 17.2 Å². The van der Waals surface area contributed by atoms with Gasteiger partial charge >= 0.3 is 11.9 Å². The quantitative estimate of drug-likeness (QED) is 0.420. The van der Waals surface area contributed by atoms with E-state index in [0.717, 1.165) is 5.75 Å². The molecule has 2 heteroatoms. The molecule has 0 spiro atoms. The molecule has 0 aliphatic heterocycles. The van der Waals surface area contributed by atoms with E-state index in [1.807, 2.05) is 6.92 Å². The van der Waals surface area contributed by atoms with Crippen LogP contribution in [0.25, 0.3) is 4.25 Å². The number of hydrogen-bond acceptors (Lipinski definition) is 1. The first-order valence-corrected chi connectivity index (χ1v) is 3.84. The zero-order chi connectivity index (χ0) is 6.24. The smallest absolute Gasteiger partial charge is 0.0653 e. The van der Waals surface area contributed by atoms with Crippen LogP contribution >= 0.6 is 11.9 Å². The van der Waals surface area contributed by atoms with Gasteiger partial charge in [-0.25, -0.2) is 0 Å². The van der Waals surface area contributed by atoms with Crippen LogP contribution in [0.1, 0.15) is 26.7 Å². The summed E-state index contributed by atoms with van der Waals surface area (Å²) >= 11 is 1.59. The summed E-state index contributed by atoms with van der Waals surface area (Å²) in [7, 11) is 0. The average Bonchev–Trinajstić information content (AvgIpc) is 1.81. The van der Waals surface area contributed by atoms with Crippen molar-refractivity contribution in [2.75, 3.05) is 5.75 Å². The summed E-state index contributed by atoms with van der Waals surface area (Å²) in [5, 5.41) is 0. The van der Waals surface area contributed by atoms with Crippen LogP contribution in [0.3, 0.4) is 0 Å². The summed E-state index contributed by atoms with van der Waals surface area (Å²) in [6.45, 7) is 4.00. The topological polar surface area (TPSA) is 4.36 Å². The molecule has 0 saturated carbocycles. The predicted molar refractivity (Wildman–Crippen MR) is 40.3 cm³/mol. The first-order valence-electron chi connectivity index (χ1n) is 2.90. The molecule has 0 aromatic rings. The molecule has 1 nitrogen and oxygen atoms in total. The monoisotopic (exact) mass is 130 g/mol. The van der Waals surface area contributed by atoms with Gasteiger partial charge in [0.25, 0.3) is 6.07 Å². The van der Waals surface area contributed by atoms with Crippen molar-refractivity contribution in [2.24, 2.45) is 0 Å². The normalized spacial score (nSPS) is 7.75. The Morgan fingerprint density at radius 1 is 1.62 bits per heavy atom. The highest BCUT2D eigenvalue weighted by atomic mass is 32.2. The van der Waals surface area contributed by atoms with Crippen LogP contribution in [0.15, 0.2) is 0 Å². The number of unbranched alkanes of at least 4 members (excludes halogenated alkanes) is 1. The van der Waals surface area contributed by atoms with Crippen molar-refractivity contribution in [3.8, 4) is 6.07 Å². The lowest BCUT2D eigenvalue weighted by Gasteiger charge is -1.78. The molecule has 8 heavy (non-hydrogen) atoms. The van der Waals surface area contributed by atoms with Gasteiger partial charge < -0.3 is 0 Å². The second kappa shape index (κ2) is 6.84. The Bertz CT molecular complexity index is 90.4. The van der Waals surface area contributed by atoms with Crippen LogP contribution in [0.5, 0.6) is 0 Å². The molecule has 0 radical (unpaired) electrons. The molecular weight excluding hydrogens is 118 g/mol. The molecule has 0 aliphatic carbocycles. The van der Waals surface area contributed by atoms with Crippen molar-refractivity contribution < 1.29 is 0 Å². The summed E-state index contributed by atoms with van der Waals surface area (Å²) in [5.41, 5.74) is 0. The molecule has 0 bridgehead atoms. The van der Waals surface area contributed by atoms with Gasteiger partial charge in [0, 0.05) is 4.25 Å². The highest BCUT2D eigenvalue weighted by Crippen LogP contribution is 2.04. The van der Waals surface area contributed by atoms with E-state index in [-0.39, 0.29) is 0 Å². The van der Waals surface area contributed by atoms with Gasteiger partial charge in [0.2, 0.25) is 0 Å². The molecule has 0 amide bonds. The fourth-order valence-electron chi connectivity index (χ4n) is 0.319. The second-order valence-corrected chi connectivity index (χ2v) is 2.35. The van der Waals surface area contributed by atoms with Gasteiger partial charge in [0.05, 0.1) is 12.7 Å². The summed E-state index contributed by atoms with van der Waals surface area (Å²) in [4.78, 5) is 0. The molecule has 46 valence electrons. The number of hydrogen-bond donors (Lipinski definition) is 0. The fraction of sp³-hybridized carbons (Fsp3) is 0.833. The Hall–Kier alpha value is -0.160. The zero-order valence-corrected chi connectivity index (χ0v) is 6.29. The maximum absolute atomic E-state index is 3.88. The first-order chi connectivity index (χ1) is 3.91. The molecule has 0 unspecified atom stereocenters. The lowest BCUT2D eigenvalue weighted by Crippen LogP contribution is -1.70. The minimum Gasteiger partial charge on any atom is -0.0653 e. The highest BCUT2D eigenvalue weighted by molar-refractivity contribution is 8.01. The van der Waals surface area contributed by atoms with Crippen LogP contribution in [-0.2, 0) is 0 Å². The largest absolute Gasteiger partial charge is 0.310 e. The van der Waals surface area contributed by atoms with Crippen molar-refractivity contribution >= 4 is 11.9 Å².